The molecule has 0 saturated carbocycles. The van der Waals surface area contributed by atoms with Crippen LogP contribution in [0.25, 0.3) is 0 Å². The predicted molar refractivity (Wildman–Crippen MR) is 63.0 cm³/mol. The van der Waals surface area contributed by atoms with Gasteiger partial charge >= 0.3 is 12.1 Å². The molecule has 0 amide bonds. The predicted octanol–water partition coefficient (Wildman–Crippen LogP) is 1.48. The zero-order valence-corrected chi connectivity index (χ0v) is 10.2. The number of alkyl halides is 3. The normalized spacial score (nSPS) is 23.1. The summed E-state index contributed by atoms with van der Waals surface area (Å²) in [4.78, 5) is 12.4. The molecule has 1 atom stereocenters. The largest absolute Gasteiger partial charge is 0.480 e. The maximum absolute atomic E-state index is 12.9. The Morgan fingerprint density at radius 2 is 2.11 bits per heavy atom. The van der Waals surface area contributed by atoms with Gasteiger partial charge in [0.1, 0.15) is 5.54 Å². The second-order valence-corrected chi connectivity index (χ2v) is 4.81. The molecule has 104 valence electrons. The highest BCUT2D eigenvalue weighted by Crippen LogP contribution is 2.41. The van der Waals surface area contributed by atoms with Gasteiger partial charge in [-0.1, -0.05) is 12.1 Å². The average Bonchev–Trinajstić information content (AvgIpc) is 2.26. The van der Waals surface area contributed by atoms with Crippen LogP contribution in [-0.2, 0) is 17.4 Å². The van der Waals surface area contributed by atoms with Gasteiger partial charge in [-0.05, 0) is 11.6 Å². The minimum Gasteiger partial charge on any atom is -0.480 e. The lowest BCUT2D eigenvalue weighted by molar-refractivity contribution is -0.143. The fraction of sp³-hybridized carbons (Fsp3) is 0.417. The van der Waals surface area contributed by atoms with Crippen molar-refractivity contribution in [3.8, 4) is 0 Å². The van der Waals surface area contributed by atoms with Gasteiger partial charge in [-0.2, -0.15) is 13.2 Å². The number of hydrogen-bond donors (Lipinski definition) is 2. The van der Waals surface area contributed by atoms with Crippen molar-refractivity contribution < 1.29 is 23.1 Å². The lowest BCUT2D eigenvalue weighted by atomic mass is 9.85. The first-order valence-corrected chi connectivity index (χ1v) is 5.58. The molecule has 0 spiro atoms. The first-order chi connectivity index (χ1) is 8.65. The molecule has 1 unspecified atom stereocenters. The molecule has 4 nitrogen and oxygen atoms in total. The van der Waals surface area contributed by atoms with E-state index in [1.54, 1.807) is 0 Å². The third-order valence-electron chi connectivity index (χ3n) is 3.26. The molecule has 0 saturated heterocycles. The number of fused-ring (bicyclic) bond motifs is 1. The van der Waals surface area contributed by atoms with Crippen molar-refractivity contribution in [2.75, 3.05) is 18.5 Å². The molecular formula is C12H13F3N2O2. The summed E-state index contributed by atoms with van der Waals surface area (Å²) in [5, 5.41) is 9.10. The average molecular weight is 274 g/mol. The van der Waals surface area contributed by atoms with Crippen LogP contribution in [0.1, 0.15) is 11.1 Å². The Bertz CT molecular complexity index is 530. The van der Waals surface area contributed by atoms with Crippen molar-refractivity contribution in [1.29, 1.82) is 0 Å². The Hall–Kier alpha value is -1.76. The Morgan fingerprint density at radius 1 is 1.47 bits per heavy atom. The molecule has 0 aromatic heterocycles. The number of benzene rings is 1. The number of halogens is 3. The highest BCUT2D eigenvalue weighted by atomic mass is 19.4. The summed E-state index contributed by atoms with van der Waals surface area (Å²) >= 11 is 0. The Labute approximate surface area is 107 Å². The summed E-state index contributed by atoms with van der Waals surface area (Å²) in [5.74, 6) is -1.22. The lowest BCUT2D eigenvalue weighted by Gasteiger charge is -2.39. The van der Waals surface area contributed by atoms with Crippen LogP contribution in [0.15, 0.2) is 18.2 Å². The van der Waals surface area contributed by atoms with E-state index in [4.69, 9.17) is 10.8 Å². The van der Waals surface area contributed by atoms with E-state index in [0.717, 1.165) is 6.07 Å². The third-order valence-corrected chi connectivity index (χ3v) is 3.26. The van der Waals surface area contributed by atoms with Gasteiger partial charge in [0.2, 0.25) is 0 Å². The van der Waals surface area contributed by atoms with Crippen molar-refractivity contribution in [2.24, 2.45) is 5.73 Å². The first-order valence-electron chi connectivity index (χ1n) is 5.58. The van der Waals surface area contributed by atoms with Gasteiger partial charge in [0.25, 0.3) is 0 Å². The number of anilines is 1. The smallest absolute Gasteiger partial charge is 0.418 e. The molecule has 19 heavy (non-hydrogen) atoms. The van der Waals surface area contributed by atoms with Crippen molar-refractivity contribution in [2.45, 2.75) is 18.1 Å². The zero-order chi connectivity index (χ0) is 14.4. The Balaban J connectivity index is 2.55. The van der Waals surface area contributed by atoms with Crippen molar-refractivity contribution in [1.82, 2.24) is 0 Å². The van der Waals surface area contributed by atoms with Crippen LogP contribution in [0.3, 0.4) is 0 Å². The molecule has 1 heterocycles. The molecule has 3 N–H and O–H groups in total. The fourth-order valence-electron chi connectivity index (χ4n) is 2.45. The number of rotatable bonds is 1. The minimum atomic E-state index is -4.47. The van der Waals surface area contributed by atoms with E-state index in [9.17, 15) is 18.0 Å². The summed E-state index contributed by atoms with van der Waals surface area (Å²) in [6.07, 6.45) is -4.59. The SMILES string of the molecule is CN1CC(N)(C(=O)O)Cc2cccc(C(F)(F)F)c21. The van der Waals surface area contributed by atoms with Crippen molar-refractivity contribution >= 4 is 11.7 Å². The van der Waals surface area contributed by atoms with Crippen LogP contribution in [0.4, 0.5) is 18.9 Å². The van der Waals surface area contributed by atoms with Crippen LogP contribution in [-0.4, -0.2) is 30.2 Å². The number of para-hydroxylation sites is 1. The summed E-state index contributed by atoms with van der Waals surface area (Å²) in [6.45, 7) is -0.164. The molecule has 0 bridgehead atoms. The highest BCUT2D eigenvalue weighted by Gasteiger charge is 2.44. The highest BCUT2D eigenvalue weighted by molar-refractivity contribution is 5.82. The number of carboxylic acid groups (broad SMARTS) is 1. The van der Waals surface area contributed by atoms with Gasteiger partial charge in [0, 0.05) is 20.0 Å². The molecule has 1 aliphatic rings. The molecule has 1 aromatic carbocycles. The molecule has 2 rings (SSSR count). The number of nitrogens with zero attached hydrogens (tertiary/aromatic N) is 1. The number of likely N-dealkylation sites (N-methyl/N-ethyl adjacent to an activating group) is 1. The molecule has 0 aliphatic carbocycles. The molecular weight excluding hydrogens is 261 g/mol. The summed E-state index contributed by atoms with van der Waals surface area (Å²) in [5.41, 5.74) is 3.73. The van der Waals surface area contributed by atoms with Crippen LogP contribution in [0, 0.1) is 0 Å². The van der Waals surface area contributed by atoms with Gasteiger partial charge < -0.3 is 15.7 Å². The van der Waals surface area contributed by atoms with Crippen LogP contribution in [0.5, 0.6) is 0 Å². The van der Waals surface area contributed by atoms with Gasteiger partial charge in [0.05, 0.1) is 11.3 Å². The van der Waals surface area contributed by atoms with Crippen LogP contribution in [0.2, 0.25) is 0 Å². The van der Waals surface area contributed by atoms with E-state index in [1.165, 1.54) is 24.1 Å². The van der Waals surface area contributed by atoms with E-state index in [0.29, 0.717) is 5.56 Å². The van der Waals surface area contributed by atoms with E-state index in [1.807, 2.05) is 0 Å². The van der Waals surface area contributed by atoms with Gasteiger partial charge in [-0.3, -0.25) is 4.79 Å². The van der Waals surface area contributed by atoms with Gasteiger partial charge in [-0.25, -0.2) is 0 Å². The summed E-state index contributed by atoms with van der Waals surface area (Å²) in [6, 6.07) is 3.73. The van der Waals surface area contributed by atoms with E-state index >= 15 is 0 Å². The molecule has 7 heteroatoms. The topological polar surface area (TPSA) is 66.6 Å². The molecule has 1 aromatic rings. The number of carbonyl (C=O) groups is 1. The summed E-state index contributed by atoms with van der Waals surface area (Å²) in [7, 11) is 1.41. The standard InChI is InChI=1S/C12H13F3N2O2/c1-17-6-11(16,10(18)19)5-7-3-2-4-8(9(7)17)12(13,14)15/h2-4H,5-6,16H2,1H3,(H,18,19). The Morgan fingerprint density at radius 3 is 2.63 bits per heavy atom. The zero-order valence-electron chi connectivity index (χ0n) is 10.2. The van der Waals surface area contributed by atoms with Crippen LogP contribution >= 0.6 is 0 Å². The quantitative estimate of drug-likeness (QED) is 0.814. The van der Waals surface area contributed by atoms with E-state index in [2.05, 4.69) is 0 Å². The number of carboxylic acids is 1. The minimum absolute atomic E-state index is 0.0114. The van der Waals surface area contributed by atoms with Crippen molar-refractivity contribution in [3.63, 3.8) is 0 Å². The van der Waals surface area contributed by atoms with Gasteiger partial charge in [0.15, 0.2) is 0 Å². The first kappa shape index (κ1) is 13.7. The maximum atomic E-state index is 12.9. The fourth-order valence-corrected chi connectivity index (χ4v) is 2.45. The number of hydrogen-bond acceptors (Lipinski definition) is 3. The molecule has 0 radical (unpaired) electrons. The van der Waals surface area contributed by atoms with E-state index in [-0.39, 0.29) is 18.7 Å². The lowest BCUT2D eigenvalue weighted by Crippen LogP contribution is -2.59. The molecule has 1 aliphatic heterocycles. The van der Waals surface area contributed by atoms with Crippen LogP contribution < -0.4 is 10.6 Å². The Kier molecular flexibility index (Phi) is 2.97. The maximum Gasteiger partial charge on any atom is 0.418 e. The third kappa shape index (κ3) is 2.25. The monoisotopic (exact) mass is 274 g/mol. The van der Waals surface area contributed by atoms with Crippen molar-refractivity contribution in [3.05, 3.63) is 29.3 Å². The second kappa shape index (κ2) is 4.12. The van der Waals surface area contributed by atoms with Gasteiger partial charge in [-0.15, -0.1) is 0 Å². The second-order valence-electron chi connectivity index (χ2n) is 4.81. The molecule has 0 fully saturated rings. The van der Waals surface area contributed by atoms with E-state index < -0.39 is 23.2 Å². The number of aliphatic carboxylic acids is 1. The summed E-state index contributed by atoms with van der Waals surface area (Å²) < 4.78 is 38.8. The number of nitrogens with two attached hydrogens (primary N) is 1.